The number of amides is 1. The van der Waals surface area contributed by atoms with E-state index >= 15 is 0 Å². The fourth-order valence-corrected chi connectivity index (χ4v) is 2.28. The predicted octanol–water partition coefficient (Wildman–Crippen LogP) is 3.74. The van der Waals surface area contributed by atoms with Gasteiger partial charge in [0, 0.05) is 12.1 Å². The van der Waals surface area contributed by atoms with E-state index < -0.39 is 18.5 Å². The van der Waals surface area contributed by atoms with Crippen molar-refractivity contribution in [2.75, 3.05) is 26.8 Å². The number of benzene rings is 1. The van der Waals surface area contributed by atoms with Crippen molar-refractivity contribution in [1.82, 2.24) is 9.88 Å². The molecule has 0 fully saturated rings. The first-order valence-corrected chi connectivity index (χ1v) is 8.61. The Hall–Kier alpha value is -2.02. The maximum Gasteiger partial charge on any atom is 0.359 e. The molecular weight excluding hydrogens is 403 g/mol. The molecule has 0 N–H and O–H groups in total. The zero-order valence-corrected chi connectivity index (χ0v) is 16.0. The summed E-state index contributed by atoms with van der Waals surface area (Å²) in [5, 5.41) is 0.807. The zero-order chi connectivity index (χ0) is 19.1. The van der Waals surface area contributed by atoms with Gasteiger partial charge in [0.05, 0.1) is 11.6 Å². The Morgan fingerprint density at radius 2 is 1.77 bits per heavy atom. The SMILES string of the molecule is CN(CCOc1ccc(Cl)cc1)C(=O)COC(=O)c1nc(Cl)ccc1Cl. The Bertz CT molecular complexity index is 784. The van der Waals surface area contributed by atoms with Gasteiger partial charge in [0.1, 0.15) is 17.5 Å². The van der Waals surface area contributed by atoms with Crippen LogP contribution in [0.4, 0.5) is 0 Å². The Morgan fingerprint density at radius 3 is 2.46 bits per heavy atom. The van der Waals surface area contributed by atoms with Crippen molar-refractivity contribution < 1.29 is 19.1 Å². The number of hydrogen-bond acceptors (Lipinski definition) is 5. The van der Waals surface area contributed by atoms with E-state index in [1.807, 2.05) is 0 Å². The number of ether oxygens (including phenoxy) is 2. The molecule has 26 heavy (non-hydrogen) atoms. The average Bonchev–Trinajstić information content (AvgIpc) is 2.62. The minimum absolute atomic E-state index is 0.0940. The summed E-state index contributed by atoms with van der Waals surface area (Å²) in [6.07, 6.45) is 0. The number of esters is 1. The molecule has 1 amide bonds. The number of rotatable bonds is 7. The highest BCUT2D eigenvalue weighted by Crippen LogP contribution is 2.18. The fourth-order valence-electron chi connectivity index (χ4n) is 1.82. The number of carbonyl (C=O) groups is 2. The lowest BCUT2D eigenvalue weighted by molar-refractivity contribution is -0.133. The van der Waals surface area contributed by atoms with Crippen molar-refractivity contribution >= 4 is 46.7 Å². The summed E-state index contributed by atoms with van der Waals surface area (Å²) in [6, 6.07) is 9.75. The Morgan fingerprint density at radius 1 is 1.08 bits per heavy atom. The molecule has 0 unspecified atom stereocenters. The summed E-state index contributed by atoms with van der Waals surface area (Å²) in [5.74, 6) is -0.573. The molecule has 0 spiro atoms. The molecule has 0 saturated heterocycles. The van der Waals surface area contributed by atoms with Gasteiger partial charge in [-0.15, -0.1) is 0 Å². The van der Waals surface area contributed by atoms with Crippen molar-refractivity contribution in [1.29, 1.82) is 0 Å². The number of hydrogen-bond donors (Lipinski definition) is 0. The maximum atomic E-state index is 12.0. The van der Waals surface area contributed by atoms with E-state index in [2.05, 4.69) is 4.98 Å². The van der Waals surface area contributed by atoms with E-state index in [-0.39, 0.29) is 22.5 Å². The minimum atomic E-state index is -0.823. The summed E-state index contributed by atoms with van der Waals surface area (Å²) < 4.78 is 10.4. The van der Waals surface area contributed by atoms with Crippen LogP contribution in [-0.4, -0.2) is 48.6 Å². The van der Waals surface area contributed by atoms with E-state index in [1.165, 1.54) is 17.0 Å². The van der Waals surface area contributed by atoms with Gasteiger partial charge in [-0.2, -0.15) is 0 Å². The van der Waals surface area contributed by atoms with E-state index in [0.717, 1.165) is 0 Å². The molecule has 1 heterocycles. The van der Waals surface area contributed by atoms with E-state index in [9.17, 15) is 9.59 Å². The molecule has 0 bridgehead atoms. The van der Waals surface area contributed by atoms with Gasteiger partial charge in [0.15, 0.2) is 12.3 Å². The van der Waals surface area contributed by atoms with Crippen LogP contribution in [0.15, 0.2) is 36.4 Å². The molecule has 2 aromatic rings. The molecule has 0 aliphatic carbocycles. The second-order valence-corrected chi connectivity index (χ2v) is 6.39. The molecule has 0 atom stereocenters. The lowest BCUT2D eigenvalue weighted by Gasteiger charge is -2.17. The van der Waals surface area contributed by atoms with Crippen LogP contribution < -0.4 is 4.74 Å². The van der Waals surface area contributed by atoms with Gasteiger partial charge in [-0.3, -0.25) is 4.79 Å². The van der Waals surface area contributed by atoms with Gasteiger partial charge in [-0.25, -0.2) is 9.78 Å². The summed E-state index contributed by atoms with van der Waals surface area (Å²) in [7, 11) is 1.58. The first kappa shape index (κ1) is 20.3. The van der Waals surface area contributed by atoms with Gasteiger partial charge < -0.3 is 14.4 Å². The van der Waals surface area contributed by atoms with Crippen molar-refractivity contribution in [3.05, 3.63) is 57.3 Å². The van der Waals surface area contributed by atoms with Gasteiger partial charge in [-0.05, 0) is 36.4 Å². The average molecular weight is 418 g/mol. The maximum absolute atomic E-state index is 12.0. The number of nitrogens with zero attached hydrogens (tertiary/aromatic N) is 2. The smallest absolute Gasteiger partial charge is 0.359 e. The molecule has 1 aromatic heterocycles. The van der Waals surface area contributed by atoms with Gasteiger partial charge >= 0.3 is 5.97 Å². The topological polar surface area (TPSA) is 68.7 Å². The first-order chi connectivity index (χ1) is 12.4. The summed E-state index contributed by atoms with van der Waals surface area (Å²) in [5.41, 5.74) is -0.138. The normalized spacial score (nSPS) is 10.3. The molecule has 6 nitrogen and oxygen atoms in total. The van der Waals surface area contributed by atoms with Crippen molar-refractivity contribution in [3.8, 4) is 5.75 Å². The molecular formula is C17H15Cl3N2O4. The largest absolute Gasteiger partial charge is 0.492 e. The number of halogens is 3. The number of carbonyl (C=O) groups excluding carboxylic acids is 2. The van der Waals surface area contributed by atoms with Crippen LogP contribution in [-0.2, 0) is 9.53 Å². The predicted molar refractivity (Wildman–Crippen MR) is 99.1 cm³/mol. The van der Waals surface area contributed by atoms with Gasteiger partial charge in [0.2, 0.25) is 0 Å². The third-order valence-electron chi connectivity index (χ3n) is 3.27. The number of aromatic nitrogens is 1. The Kier molecular flexibility index (Phi) is 7.50. The van der Waals surface area contributed by atoms with Crippen molar-refractivity contribution in [2.45, 2.75) is 0 Å². The molecule has 0 aliphatic heterocycles. The number of pyridine rings is 1. The van der Waals surface area contributed by atoms with Crippen LogP contribution >= 0.6 is 34.8 Å². The standard InChI is InChI=1S/C17H15Cl3N2O4/c1-22(8-9-25-12-4-2-11(18)3-5-12)15(23)10-26-17(24)16-13(19)6-7-14(20)21-16/h2-7H,8-10H2,1H3. The fraction of sp³-hybridized carbons (Fsp3) is 0.235. The molecule has 0 saturated carbocycles. The molecule has 2 rings (SSSR count). The van der Waals surface area contributed by atoms with Gasteiger partial charge in [0.25, 0.3) is 5.91 Å². The highest BCUT2D eigenvalue weighted by Gasteiger charge is 2.17. The highest BCUT2D eigenvalue weighted by molar-refractivity contribution is 6.34. The monoisotopic (exact) mass is 416 g/mol. The third-order valence-corrected chi connectivity index (χ3v) is 4.03. The minimum Gasteiger partial charge on any atom is -0.492 e. The van der Waals surface area contributed by atoms with Crippen LogP contribution in [0.3, 0.4) is 0 Å². The van der Waals surface area contributed by atoms with Crippen LogP contribution in [0, 0.1) is 0 Å². The van der Waals surface area contributed by atoms with Crippen molar-refractivity contribution in [2.24, 2.45) is 0 Å². The first-order valence-electron chi connectivity index (χ1n) is 7.48. The second kappa shape index (κ2) is 9.62. The summed E-state index contributed by atoms with van der Waals surface area (Å²) >= 11 is 17.4. The van der Waals surface area contributed by atoms with Gasteiger partial charge in [-0.1, -0.05) is 34.8 Å². The third kappa shape index (κ3) is 6.05. The van der Waals surface area contributed by atoms with Crippen LogP contribution in [0.5, 0.6) is 5.75 Å². The lowest BCUT2D eigenvalue weighted by atomic mass is 10.3. The Balaban J connectivity index is 1.77. The molecule has 0 aliphatic rings. The van der Waals surface area contributed by atoms with Crippen LogP contribution in [0.25, 0.3) is 0 Å². The quantitative estimate of drug-likeness (QED) is 0.507. The second-order valence-electron chi connectivity index (χ2n) is 5.16. The summed E-state index contributed by atoms with van der Waals surface area (Å²) in [4.78, 5) is 29.1. The Labute approximate surface area is 165 Å². The molecule has 1 aromatic carbocycles. The summed E-state index contributed by atoms with van der Waals surface area (Å²) in [6.45, 7) is 0.148. The van der Waals surface area contributed by atoms with Crippen LogP contribution in [0.1, 0.15) is 10.5 Å². The zero-order valence-electron chi connectivity index (χ0n) is 13.7. The molecule has 9 heteroatoms. The van der Waals surface area contributed by atoms with E-state index in [0.29, 0.717) is 17.3 Å². The molecule has 0 radical (unpaired) electrons. The molecule has 138 valence electrons. The highest BCUT2D eigenvalue weighted by atomic mass is 35.5. The van der Waals surface area contributed by atoms with E-state index in [4.69, 9.17) is 44.3 Å². The number of likely N-dealkylation sites (N-methyl/N-ethyl adjacent to an activating group) is 1. The lowest BCUT2D eigenvalue weighted by Crippen LogP contribution is -2.34. The van der Waals surface area contributed by atoms with E-state index in [1.54, 1.807) is 31.3 Å². The van der Waals surface area contributed by atoms with Crippen LogP contribution in [0.2, 0.25) is 15.2 Å². The van der Waals surface area contributed by atoms with Crippen molar-refractivity contribution in [3.63, 3.8) is 0 Å².